The molecule has 0 radical (unpaired) electrons. The number of thioether (sulfide) groups is 1. The molecule has 0 nitrogen and oxygen atoms in total. The van der Waals surface area contributed by atoms with Crippen LogP contribution >= 0.6 is 11.8 Å². The summed E-state index contributed by atoms with van der Waals surface area (Å²) in [6, 6.07) is 8.99. The van der Waals surface area contributed by atoms with E-state index in [1.807, 2.05) is 11.8 Å². The van der Waals surface area contributed by atoms with Gasteiger partial charge < -0.3 is 0 Å². The summed E-state index contributed by atoms with van der Waals surface area (Å²) >= 11 is 2.02. The van der Waals surface area contributed by atoms with E-state index in [-0.39, 0.29) is 0 Å². The van der Waals surface area contributed by atoms with E-state index in [9.17, 15) is 0 Å². The summed E-state index contributed by atoms with van der Waals surface area (Å²) in [5.74, 6) is 3.12. The molecule has 0 N–H and O–H groups in total. The third-order valence-electron chi connectivity index (χ3n) is 2.36. The minimum absolute atomic E-state index is 0.647. The molecule has 0 unspecified atom stereocenters. The Labute approximate surface area is 92.1 Å². The number of aryl methyl sites for hydroxylation is 1. The molecule has 0 aromatic heterocycles. The normalized spacial score (nSPS) is 10.9. The molecular formula is C13H20S. The number of hydrogen-bond acceptors (Lipinski definition) is 1. The van der Waals surface area contributed by atoms with Gasteiger partial charge in [0, 0.05) is 0 Å². The Balaban J connectivity index is 2.55. The van der Waals surface area contributed by atoms with Crippen molar-refractivity contribution in [1.29, 1.82) is 0 Å². The Morgan fingerprint density at radius 3 is 2.71 bits per heavy atom. The summed E-state index contributed by atoms with van der Waals surface area (Å²) in [6.45, 7) is 6.72. The third kappa shape index (κ3) is 3.75. The van der Waals surface area contributed by atoms with Gasteiger partial charge in [-0.1, -0.05) is 45.0 Å². The highest BCUT2D eigenvalue weighted by atomic mass is 32.2. The molecular weight excluding hydrogens is 188 g/mol. The second-order valence-electron chi connectivity index (χ2n) is 3.85. The number of benzene rings is 1. The molecule has 0 bridgehead atoms. The van der Waals surface area contributed by atoms with Crippen LogP contribution in [0.2, 0.25) is 0 Å². The Bertz CT molecular complexity index is 266. The first-order valence-electron chi connectivity index (χ1n) is 5.40. The van der Waals surface area contributed by atoms with E-state index in [1.54, 1.807) is 0 Å². The smallest absolute Gasteiger partial charge is 0.00271 e. The van der Waals surface area contributed by atoms with Crippen LogP contribution in [0, 0.1) is 0 Å². The fourth-order valence-electron chi connectivity index (χ4n) is 1.44. The molecule has 1 aromatic carbocycles. The van der Waals surface area contributed by atoms with E-state index in [0.29, 0.717) is 5.92 Å². The summed E-state index contributed by atoms with van der Waals surface area (Å²) in [4.78, 5) is 0. The van der Waals surface area contributed by atoms with Gasteiger partial charge in [-0.05, 0) is 35.0 Å². The van der Waals surface area contributed by atoms with Crippen molar-refractivity contribution >= 4 is 11.8 Å². The van der Waals surface area contributed by atoms with Gasteiger partial charge in [-0.3, -0.25) is 0 Å². The predicted molar refractivity (Wildman–Crippen MR) is 67.2 cm³/mol. The van der Waals surface area contributed by atoms with Gasteiger partial charge in [0.15, 0.2) is 0 Å². The second kappa shape index (κ2) is 6.13. The zero-order chi connectivity index (χ0) is 10.4. The van der Waals surface area contributed by atoms with Gasteiger partial charge in [-0.2, -0.15) is 11.8 Å². The summed E-state index contributed by atoms with van der Waals surface area (Å²) in [5.41, 5.74) is 2.95. The van der Waals surface area contributed by atoms with Crippen molar-refractivity contribution in [2.75, 3.05) is 11.5 Å². The number of rotatable bonds is 5. The summed E-state index contributed by atoms with van der Waals surface area (Å²) in [5, 5.41) is 0. The van der Waals surface area contributed by atoms with Crippen LogP contribution in [0.5, 0.6) is 0 Å². The van der Waals surface area contributed by atoms with Gasteiger partial charge in [-0.25, -0.2) is 0 Å². The van der Waals surface area contributed by atoms with Gasteiger partial charge in [0.1, 0.15) is 0 Å². The van der Waals surface area contributed by atoms with Gasteiger partial charge >= 0.3 is 0 Å². The summed E-state index contributed by atoms with van der Waals surface area (Å²) in [7, 11) is 0. The maximum Gasteiger partial charge on any atom is -0.00271 e. The lowest BCUT2D eigenvalue weighted by Crippen LogP contribution is -1.92. The summed E-state index contributed by atoms with van der Waals surface area (Å²) < 4.78 is 0. The first-order chi connectivity index (χ1) is 6.74. The van der Waals surface area contributed by atoms with Crippen LogP contribution < -0.4 is 0 Å². The highest BCUT2D eigenvalue weighted by Crippen LogP contribution is 2.16. The Morgan fingerprint density at radius 2 is 2.07 bits per heavy atom. The van der Waals surface area contributed by atoms with Gasteiger partial charge in [0.05, 0.1) is 0 Å². The third-order valence-corrected chi connectivity index (χ3v) is 3.26. The SMILES string of the molecule is CCSCCc1cccc(C(C)C)c1. The van der Waals surface area contributed by atoms with Crippen LogP contribution in [0.4, 0.5) is 0 Å². The van der Waals surface area contributed by atoms with E-state index in [0.717, 1.165) is 0 Å². The Kier molecular flexibility index (Phi) is 5.10. The van der Waals surface area contributed by atoms with Crippen LogP contribution in [-0.2, 0) is 6.42 Å². The van der Waals surface area contributed by atoms with E-state index in [1.165, 1.54) is 29.1 Å². The lowest BCUT2D eigenvalue weighted by atomic mass is 10.0. The molecule has 0 atom stereocenters. The maximum absolute atomic E-state index is 2.35. The lowest BCUT2D eigenvalue weighted by molar-refractivity contribution is 0.863. The minimum atomic E-state index is 0.647. The zero-order valence-electron chi connectivity index (χ0n) is 9.42. The molecule has 0 aliphatic carbocycles. The van der Waals surface area contributed by atoms with Crippen molar-refractivity contribution in [1.82, 2.24) is 0 Å². The second-order valence-corrected chi connectivity index (χ2v) is 5.24. The van der Waals surface area contributed by atoms with E-state index in [4.69, 9.17) is 0 Å². The fraction of sp³-hybridized carbons (Fsp3) is 0.538. The fourth-order valence-corrected chi connectivity index (χ4v) is 2.11. The Hall–Kier alpha value is -0.430. The van der Waals surface area contributed by atoms with Crippen molar-refractivity contribution in [3.63, 3.8) is 0 Å². The van der Waals surface area contributed by atoms with Crippen LogP contribution in [0.15, 0.2) is 24.3 Å². The zero-order valence-corrected chi connectivity index (χ0v) is 10.2. The molecule has 0 heterocycles. The molecule has 1 rings (SSSR count). The van der Waals surface area contributed by atoms with Gasteiger partial charge in [0.25, 0.3) is 0 Å². The average molecular weight is 208 g/mol. The van der Waals surface area contributed by atoms with E-state index >= 15 is 0 Å². The average Bonchev–Trinajstić information content (AvgIpc) is 2.19. The summed E-state index contributed by atoms with van der Waals surface area (Å²) in [6.07, 6.45) is 1.21. The molecule has 0 spiro atoms. The molecule has 0 aliphatic rings. The molecule has 0 saturated carbocycles. The first kappa shape index (κ1) is 11.6. The van der Waals surface area contributed by atoms with E-state index in [2.05, 4.69) is 45.0 Å². The molecule has 14 heavy (non-hydrogen) atoms. The largest absolute Gasteiger partial charge is 0.162 e. The maximum atomic E-state index is 2.35. The van der Waals surface area contributed by atoms with Gasteiger partial charge in [-0.15, -0.1) is 0 Å². The van der Waals surface area contributed by atoms with E-state index < -0.39 is 0 Å². The lowest BCUT2D eigenvalue weighted by Gasteiger charge is -2.07. The van der Waals surface area contributed by atoms with Crippen LogP contribution in [0.3, 0.4) is 0 Å². The van der Waals surface area contributed by atoms with Crippen LogP contribution in [0.1, 0.15) is 37.8 Å². The van der Waals surface area contributed by atoms with Crippen molar-refractivity contribution < 1.29 is 0 Å². The van der Waals surface area contributed by atoms with Crippen molar-refractivity contribution in [3.05, 3.63) is 35.4 Å². The standard InChI is InChI=1S/C13H20S/c1-4-14-9-8-12-6-5-7-13(10-12)11(2)3/h5-7,10-11H,4,8-9H2,1-3H3. The highest BCUT2D eigenvalue weighted by Gasteiger charge is 1.99. The molecule has 1 aromatic rings. The highest BCUT2D eigenvalue weighted by molar-refractivity contribution is 7.99. The van der Waals surface area contributed by atoms with Gasteiger partial charge in [0.2, 0.25) is 0 Å². The molecule has 0 saturated heterocycles. The predicted octanol–water partition coefficient (Wildman–Crippen LogP) is 4.11. The quantitative estimate of drug-likeness (QED) is 0.656. The first-order valence-corrected chi connectivity index (χ1v) is 6.56. The monoisotopic (exact) mass is 208 g/mol. The number of hydrogen-bond donors (Lipinski definition) is 0. The molecule has 0 aliphatic heterocycles. The van der Waals surface area contributed by atoms with Crippen LogP contribution in [0.25, 0.3) is 0 Å². The Morgan fingerprint density at radius 1 is 1.29 bits per heavy atom. The molecule has 0 amide bonds. The van der Waals surface area contributed by atoms with Crippen molar-refractivity contribution in [3.8, 4) is 0 Å². The minimum Gasteiger partial charge on any atom is -0.162 e. The molecule has 78 valence electrons. The molecule has 0 fully saturated rings. The van der Waals surface area contributed by atoms with Crippen molar-refractivity contribution in [2.45, 2.75) is 33.1 Å². The van der Waals surface area contributed by atoms with Crippen LogP contribution in [-0.4, -0.2) is 11.5 Å². The van der Waals surface area contributed by atoms with Crippen molar-refractivity contribution in [2.24, 2.45) is 0 Å². The molecule has 1 heteroatoms. The topological polar surface area (TPSA) is 0 Å².